The Bertz CT molecular complexity index is 1250. The molecule has 5 rings (SSSR count). The van der Waals surface area contributed by atoms with Crippen LogP contribution in [0.15, 0.2) is 59.5 Å². The van der Waals surface area contributed by atoms with Gasteiger partial charge in [-0.05, 0) is 43.1 Å². The fraction of sp³-hybridized carbons (Fsp3) is 0.217. The number of nitrogens with one attached hydrogen (secondary N) is 1. The molecule has 1 aliphatic heterocycles. The monoisotopic (exact) mass is 370 g/mol. The Morgan fingerprint density at radius 2 is 1.86 bits per heavy atom. The van der Waals surface area contributed by atoms with Crippen molar-refractivity contribution in [2.45, 2.75) is 19.9 Å². The summed E-state index contributed by atoms with van der Waals surface area (Å²) in [7, 11) is 2.09. The second-order valence-corrected chi connectivity index (χ2v) is 7.47. The second kappa shape index (κ2) is 6.46. The van der Waals surface area contributed by atoms with Crippen molar-refractivity contribution in [2.75, 3.05) is 6.54 Å². The van der Waals surface area contributed by atoms with Gasteiger partial charge in [-0.15, -0.1) is 0 Å². The Labute approximate surface area is 163 Å². The summed E-state index contributed by atoms with van der Waals surface area (Å²) in [5, 5.41) is 9.15. The largest absolute Gasteiger partial charge is 0.346 e. The second-order valence-electron chi connectivity index (χ2n) is 7.47. The minimum absolute atomic E-state index is 0.127. The average Bonchev–Trinajstić information content (AvgIpc) is 3.01. The first-order valence-corrected chi connectivity index (χ1v) is 9.59. The van der Waals surface area contributed by atoms with Crippen LogP contribution in [0.2, 0.25) is 0 Å². The lowest BCUT2D eigenvalue weighted by Gasteiger charge is -2.14. The molecule has 0 atom stereocenters. The summed E-state index contributed by atoms with van der Waals surface area (Å²) in [4.78, 5) is 12.8. The van der Waals surface area contributed by atoms with Crippen molar-refractivity contribution < 1.29 is 0 Å². The molecule has 0 unspecified atom stereocenters. The number of hydrogen-bond acceptors (Lipinski definition) is 3. The molecule has 4 aromatic rings. The summed E-state index contributed by atoms with van der Waals surface area (Å²) < 4.78 is 3.70. The molecular weight excluding hydrogens is 348 g/mol. The van der Waals surface area contributed by atoms with E-state index in [4.69, 9.17) is 0 Å². The van der Waals surface area contributed by atoms with Crippen LogP contribution in [0.25, 0.3) is 27.7 Å². The van der Waals surface area contributed by atoms with E-state index in [2.05, 4.69) is 34.2 Å². The van der Waals surface area contributed by atoms with Crippen LogP contribution in [0.3, 0.4) is 0 Å². The van der Waals surface area contributed by atoms with E-state index in [1.165, 1.54) is 26.9 Å². The normalized spacial score (nSPS) is 13.6. The van der Waals surface area contributed by atoms with Crippen molar-refractivity contribution in [3.05, 3.63) is 81.9 Å². The fourth-order valence-corrected chi connectivity index (χ4v) is 4.12. The van der Waals surface area contributed by atoms with E-state index in [1.54, 1.807) is 12.3 Å². The zero-order chi connectivity index (χ0) is 19.3. The van der Waals surface area contributed by atoms with E-state index >= 15 is 0 Å². The molecule has 28 heavy (non-hydrogen) atoms. The Hall–Kier alpha value is -3.18. The van der Waals surface area contributed by atoms with Crippen LogP contribution in [0.1, 0.15) is 16.8 Å². The maximum absolute atomic E-state index is 12.8. The highest BCUT2D eigenvalue weighted by atomic mass is 16.1. The summed E-state index contributed by atoms with van der Waals surface area (Å²) >= 11 is 0. The van der Waals surface area contributed by atoms with Crippen LogP contribution in [0.5, 0.6) is 0 Å². The van der Waals surface area contributed by atoms with Crippen LogP contribution in [-0.4, -0.2) is 20.9 Å². The van der Waals surface area contributed by atoms with Gasteiger partial charge >= 0.3 is 0 Å². The lowest BCUT2D eigenvalue weighted by molar-refractivity contribution is 0.614. The summed E-state index contributed by atoms with van der Waals surface area (Å²) in [5.74, 6) is 0. The molecule has 5 heteroatoms. The molecule has 1 aliphatic rings. The molecule has 0 bridgehead atoms. The minimum Gasteiger partial charge on any atom is -0.346 e. The van der Waals surface area contributed by atoms with Gasteiger partial charge in [-0.1, -0.05) is 35.9 Å². The van der Waals surface area contributed by atoms with E-state index in [0.29, 0.717) is 0 Å². The Morgan fingerprint density at radius 3 is 2.64 bits per heavy atom. The van der Waals surface area contributed by atoms with Gasteiger partial charge in [0.2, 0.25) is 0 Å². The van der Waals surface area contributed by atoms with E-state index in [-0.39, 0.29) is 5.56 Å². The molecule has 1 N–H and O–H groups in total. The van der Waals surface area contributed by atoms with Gasteiger partial charge in [-0.3, -0.25) is 4.79 Å². The Balaban J connectivity index is 1.59. The summed E-state index contributed by atoms with van der Waals surface area (Å²) in [6.45, 7) is 3.95. The zero-order valence-electron chi connectivity index (χ0n) is 16.1. The molecule has 0 saturated carbocycles. The molecular formula is C23H22N4O. The molecule has 2 aromatic heterocycles. The first kappa shape index (κ1) is 17.0. The highest BCUT2D eigenvalue weighted by Crippen LogP contribution is 2.29. The van der Waals surface area contributed by atoms with Gasteiger partial charge in [0.15, 0.2) is 0 Å². The molecule has 3 heterocycles. The topological polar surface area (TPSA) is 51.9 Å². The maximum Gasteiger partial charge on any atom is 0.272 e. The van der Waals surface area contributed by atoms with Gasteiger partial charge in [0.1, 0.15) is 0 Å². The Kier molecular flexibility index (Phi) is 3.91. The van der Waals surface area contributed by atoms with Crippen molar-refractivity contribution in [1.29, 1.82) is 0 Å². The first-order chi connectivity index (χ1) is 13.6. The predicted molar refractivity (Wildman–Crippen MR) is 112 cm³/mol. The quantitative estimate of drug-likeness (QED) is 0.589. The third kappa shape index (κ3) is 2.67. The highest BCUT2D eigenvalue weighted by Gasteiger charge is 2.18. The summed E-state index contributed by atoms with van der Waals surface area (Å²) in [6, 6.07) is 16.0. The zero-order valence-corrected chi connectivity index (χ0v) is 16.1. The molecule has 0 saturated heterocycles. The molecule has 0 amide bonds. The van der Waals surface area contributed by atoms with Gasteiger partial charge in [-0.2, -0.15) is 9.78 Å². The molecule has 5 nitrogen and oxygen atoms in total. The summed E-state index contributed by atoms with van der Waals surface area (Å²) in [5.41, 5.74) is 7.58. The van der Waals surface area contributed by atoms with Crippen LogP contribution in [-0.2, 0) is 20.0 Å². The van der Waals surface area contributed by atoms with Crippen LogP contribution in [0, 0.1) is 6.92 Å². The Morgan fingerprint density at radius 1 is 1.04 bits per heavy atom. The number of aryl methyl sites for hydroxylation is 2. The highest BCUT2D eigenvalue weighted by molar-refractivity contribution is 5.87. The number of hydrogen-bond donors (Lipinski definition) is 1. The fourth-order valence-electron chi connectivity index (χ4n) is 4.12. The van der Waals surface area contributed by atoms with Crippen molar-refractivity contribution in [3.63, 3.8) is 0 Å². The van der Waals surface area contributed by atoms with E-state index in [0.717, 1.165) is 41.8 Å². The average molecular weight is 370 g/mol. The van der Waals surface area contributed by atoms with Gasteiger partial charge in [0, 0.05) is 36.3 Å². The van der Waals surface area contributed by atoms with Crippen molar-refractivity contribution >= 4 is 10.9 Å². The molecule has 0 aliphatic carbocycles. The van der Waals surface area contributed by atoms with E-state index in [9.17, 15) is 4.79 Å². The first-order valence-electron chi connectivity index (χ1n) is 9.59. The molecule has 2 aromatic carbocycles. The molecule has 140 valence electrons. The number of aromatic nitrogens is 3. The van der Waals surface area contributed by atoms with E-state index < -0.39 is 0 Å². The molecule has 0 radical (unpaired) electrons. The number of nitrogens with zero attached hydrogens (tertiary/aromatic N) is 3. The third-order valence-corrected chi connectivity index (χ3v) is 5.69. The number of benzene rings is 2. The molecule has 0 spiro atoms. The third-order valence-electron chi connectivity index (χ3n) is 5.69. The SMILES string of the molecule is Cc1ccc(-c2cnn(-c3ccc4c5c(n(C)c4c3)CNCC5)c(=O)c2)cc1. The lowest BCUT2D eigenvalue weighted by Crippen LogP contribution is -2.24. The standard InChI is InChI=1S/C23H22N4O/c1-15-3-5-16(6-4-15)17-11-23(28)27(25-13-17)18-7-8-19-20-9-10-24-14-22(20)26(2)21(19)12-18/h3-8,11-13,24H,9-10,14H2,1-2H3. The van der Waals surface area contributed by atoms with Gasteiger partial charge in [0.05, 0.1) is 17.4 Å². The van der Waals surface area contributed by atoms with Crippen molar-refractivity contribution in [2.24, 2.45) is 7.05 Å². The lowest BCUT2D eigenvalue weighted by atomic mass is 10.0. The van der Waals surface area contributed by atoms with Crippen LogP contribution < -0.4 is 10.9 Å². The van der Waals surface area contributed by atoms with Crippen LogP contribution in [0.4, 0.5) is 0 Å². The predicted octanol–water partition coefficient (Wildman–Crippen LogP) is 3.35. The van der Waals surface area contributed by atoms with Crippen molar-refractivity contribution in [1.82, 2.24) is 19.7 Å². The van der Waals surface area contributed by atoms with E-state index in [1.807, 2.05) is 37.3 Å². The number of fused-ring (bicyclic) bond motifs is 3. The number of rotatable bonds is 2. The minimum atomic E-state index is -0.127. The summed E-state index contributed by atoms with van der Waals surface area (Å²) in [6.07, 6.45) is 2.80. The van der Waals surface area contributed by atoms with Gasteiger partial charge < -0.3 is 9.88 Å². The maximum atomic E-state index is 12.8. The van der Waals surface area contributed by atoms with Gasteiger partial charge in [0.25, 0.3) is 5.56 Å². The smallest absolute Gasteiger partial charge is 0.272 e. The van der Waals surface area contributed by atoms with Gasteiger partial charge in [-0.25, -0.2) is 0 Å². The molecule has 0 fully saturated rings. The van der Waals surface area contributed by atoms with Crippen LogP contribution >= 0.6 is 0 Å². The van der Waals surface area contributed by atoms with Crippen molar-refractivity contribution in [3.8, 4) is 16.8 Å².